The van der Waals surface area contributed by atoms with E-state index in [4.69, 9.17) is 5.11 Å². The number of nitrogens with one attached hydrogen (secondary N) is 1. The lowest BCUT2D eigenvalue weighted by Crippen LogP contribution is -2.25. The highest BCUT2D eigenvalue weighted by atomic mass is 16.7. The summed E-state index contributed by atoms with van der Waals surface area (Å²) in [6, 6.07) is 0. The SMILES string of the molecule is C=CCONC(=O)c1nonc1CO. The molecule has 0 aliphatic carbocycles. The maximum Gasteiger partial charge on any atom is 0.299 e. The minimum Gasteiger partial charge on any atom is -0.390 e. The van der Waals surface area contributed by atoms with Crippen LogP contribution in [0.15, 0.2) is 17.3 Å². The molecule has 1 rings (SSSR count). The van der Waals surface area contributed by atoms with Gasteiger partial charge >= 0.3 is 0 Å². The number of carbonyl (C=O) groups excluding carboxylic acids is 1. The van der Waals surface area contributed by atoms with Gasteiger partial charge < -0.3 is 5.11 Å². The number of amides is 1. The summed E-state index contributed by atoms with van der Waals surface area (Å²) < 4.78 is 4.27. The minimum absolute atomic E-state index is 0.0599. The molecule has 0 atom stereocenters. The van der Waals surface area contributed by atoms with Crippen molar-refractivity contribution in [2.24, 2.45) is 0 Å². The van der Waals surface area contributed by atoms with Crippen LogP contribution in [0.4, 0.5) is 0 Å². The zero-order valence-corrected chi connectivity index (χ0v) is 7.27. The van der Waals surface area contributed by atoms with Gasteiger partial charge in [0.05, 0.1) is 13.2 Å². The smallest absolute Gasteiger partial charge is 0.299 e. The van der Waals surface area contributed by atoms with Crippen LogP contribution >= 0.6 is 0 Å². The van der Waals surface area contributed by atoms with Crippen LogP contribution in [0.1, 0.15) is 16.2 Å². The van der Waals surface area contributed by atoms with E-state index in [2.05, 4.69) is 31.8 Å². The van der Waals surface area contributed by atoms with Crippen molar-refractivity contribution >= 4 is 5.91 Å². The molecule has 1 aromatic rings. The molecule has 1 amide bonds. The van der Waals surface area contributed by atoms with Crippen molar-refractivity contribution in [2.75, 3.05) is 6.61 Å². The van der Waals surface area contributed by atoms with Gasteiger partial charge in [0.15, 0.2) is 5.69 Å². The summed E-state index contributed by atoms with van der Waals surface area (Å²) in [6.45, 7) is 3.14. The van der Waals surface area contributed by atoms with E-state index in [1.807, 2.05) is 0 Å². The second-order valence-corrected chi connectivity index (χ2v) is 2.25. The molecule has 0 unspecified atom stereocenters. The maximum atomic E-state index is 11.2. The third kappa shape index (κ3) is 2.38. The van der Waals surface area contributed by atoms with Crippen LogP contribution in [-0.4, -0.2) is 27.9 Å². The fourth-order valence-electron chi connectivity index (χ4n) is 0.697. The Labute approximate surface area is 79.3 Å². The molecule has 0 saturated heterocycles. The Bertz CT molecular complexity index is 322. The zero-order valence-electron chi connectivity index (χ0n) is 7.27. The first-order chi connectivity index (χ1) is 6.79. The van der Waals surface area contributed by atoms with Gasteiger partial charge in [-0.1, -0.05) is 11.2 Å². The van der Waals surface area contributed by atoms with Gasteiger partial charge in [0.1, 0.15) is 5.69 Å². The first-order valence-electron chi connectivity index (χ1n) is 3.75. The molecular formula is C7H9N3O4. The Kier molecular flexibility index (Phi) is 3.77. The fourth-order valence-corrected chi connectivity index (χ4v) is 0.697. The molecule has 0 aliphatic rings. The van der Waals surface area contributed by atoms with Gasteiger partial charge in [0, 0.05) is 0 Å². The van der Waals surface area contributed by atoms with Gasteiger partial charge in [-0.15, -0.1) is 6.58 Å². The molecule has 0 fully saturated rings. The molecule has 14 heavy (non-hydrogen) atoms. The van der Waals surface area contributed by atoms with Crippen molar-refractivity contribution in [3.05, 3.63) is 24.0 Å². The third-order valence-electron chi connectivity index (χ3n) is 1.29. The van der Waals surface area contributed by atoms with Crippen molar-refractivity contribution in [3.8, 4) is 0 Å². The normalized spacial score (nSPS) is 9.79. The largest absolute Gasteiger partial charge is 0.390 e. The van der Waals surface area contributed by atoms with E-state index >= 15 is 0 Å². The quantitative estimate of drug-likeness (QED) is 0.373. The molecule has 76 valence electrons. The van der Waals surface area contributed by atoms with E-state index < -0.39 is 12.5 Å². The number of aliphatic hydroxyl groups is 1. The number of hydrogen-bond acceptors (Lipinski definition) is 6. The first kappa shape index (κ1) is 10.4. The van der Waals surface area contributed by atoms with Crippen molar-refractivity contribution in [2.45, 2.75) is 6.61 Å². The van der Waals surface area contributed by atoms with Crippen LogP contribution in [0.25, 0.3) is 0 Å². The molecule has 2 N–H and O–H groups in total. The predicted molar refractivity (Wildman–Crippen MR) is 43.8 cm³/mol. The molecule has 0 aromatic carbocycles. The van der Waals surface area contributed by atoms with E-state index in [9.17, 15) is 4.79 Å². The summed E-state index contributed by atoms with van der Waals surface area (Å²) in [6.07, 6.45) is 1.47. The molecule has 1 heterocycles. The lowest BCUT2D eigenvalue weighted by atomic mass is 10.3. The van der Waals surface area contributed by atoms with E-state index in [1.165, 1.54) is 6.08 Å². The molecule has 7 heteroatoms. The lowest BCUT2D eigenvalue weighted by Gasteiger charge is -2.00. The van der Waals surface area contributed by atoms with E-state index in [1.54, 1.807) is 0 Å². The summed E-state index contributed by atoms with van der Waals surface area (Å²) in [5, 5.41) is 15.3. The van der Waals surface area contributed by atoms with Gasteiger partial charge in [-0.3, -0.25) is 9.63 Å². The number of carbonyl (C=O) groups is 1. The van der Waals surface area contributed by atoms with Crippen molar-refractivity contribution < 1.29 is 19.4 Å². The maximum absolute atomic E-state index is 11.2. The van der Waals surface area contributed by atoms with Crippen molar-refractivity contribution in [3.63, 3.8) is 0 Å². The Morgan fingerprint density at radius 3 is 3.14 bits per heavy atom. The first-order valence-corrected chi connectivity index (χ1v) is 3.75. The lowest BCUT2D eigenvalue weighted by molar-refractivity contribution is 0.0411. The summed E-state index contributed by atoms with van der Waals surface area (Å²) in [4.78, 5) is 15.9. The number of nitrogens with zero attached hydrogens (tertiary/aromatic N) is 2. The van der Waals surface area contributed by atoms with Crippen molar-refractivity contribution in [1.29, 1.82) is 0 Å². The second-order valence-electron chi connectivity index (χ2n) is 2.25. The molecule has 0 bridgehead atoms. The fraction of sp³-hybridized carbons (Fsp3) is 0.286. The van der Waals surface area contributed by atoms with Gasteiger partial charge in [0.25, 0.3) is 5.91 Å². The van der Waals surface area contributed by atoms with Crippen LogP contribution < -0.4 is 5.48 Å². The van der Waals surface area contributed by atoms with E-state index in [0.717, 1.165) is 0 Å². The molecule has 0 saturated carbocycles. The second kappa shape index (κ2) is 5.10. The number of rotatable bonds is 5. The highest BCUT2D eigenvalue weighted by Crippen LogP contribution is 2.01. The monoisotopic (exact) mass is 199 g/mol. The summed E-state index contributed by atoms with van der Waals surface area (Å²) in [5.41, 5.74) is 2.04. The van der Waals surface area contributed by atoms with Gasteiger partial charge in [-0.25, -0.2) is 10.1 Å². The Morgan fingerprint density at radius 2 is 2.50 bits per heavy atom. The molecule has 0 radical (unpaired) electrons. The topological polar surface area (TPSA) is 97.5 Å². The van der Waals surface area contributed by atoms with Gasteiger partial charge in [-0.05, 0) is 5.16 Å². The highest BCUT2D eigenvalue weighted by Gasteiger charge is 2.17. The van der Waals surface area contributed by atoms with E-state index in [-0.39, 0.29) is 18.0 Å². The number of hydrogen-bond donors (Lipinski definition) is 2. The Morgan fingerprint density at radius 1 is 1.71 bits per heavy atom. The van der Waals surface area contributed by atoms with Crippen LogP contribution in [-0.2, 0) is 11.4 Å². The van der Waals surface area contributed by atoms with Crippen LogP contribution in [0, 0.1) is 0 Å². The zero-order chi connectivity index (χ0) is 10.4. The van der Waals surface area contributed by atoms with Crippen molar-refractivity contribution in [1.82, 2.24) is 15.8 Å². The van der Waals surface area contributed by atoms with E-state index in [0.29, 0.717) is 0 Å². The number of hydroxylamine groups is 1. The summed E-state index contributed by atoms with van der Waals surface area (Å²) in [7, 11) is 0. The molecule has 1 aromatic heterocycles. The third-order valence-corrected chi connectivity index (χ3v) is 1.29. The standard InChI is InChI=1S/C7H9N3O4/c1-2-3-13-10-7(12)6-5(4-11)8-14-9-6/h2,11H,1,3-4H2,(H,10,12). The Hall–Kier alpha value is -1.73. The number of aliphatic hydroxyl groups excluding tert-OH is 1. The summed E-state index contributed by atoms with van der Waals surface area (Å²) >= 11 is 0. The Balaban J connectivity index is 2.55. The van der Waals surface area contributed by atoms with Crippen LogP contribution in [0.3, 0.4) is 0 Å². The van der Waals surface area contributed by atoms with Gasteiger partial charge in [-0.2, -0.15) is 0 Å². The van der Waals surface area contributed by atoms with Gasteiger partial charge in [0.2, 0.25) is 0 Å². The average Bonchev–Trinajstić information content (AvgIpc) is 2.65. The molecule has 0 aliphatic heterocycles. The average molecular weight is 199 g/mol. The minimum atomic E-state index is -0.628. The van der Waals surface area contributed by atoms with Crippen LogP contribution in [0.5, 0.6) is 0 Å². The molecular weight excluding hydrogens is 190 g/mol. The summed E-state index contributed by atoms with van der Waals surface area (Å²) in [5.74, 6) is -0.628. The molecule has 7 nitrogen and oxygen atoms in total. The number of aromatic nitrogens is 2. The highest BCUT2D eigenvalue weighted by molar-refractivity contribution is 5.92. The molecule has 0 spiro atoms. The van der Waals surface area contributed by atoms with Crippen LogP contribution in [0.2, 0.25) is 0 Å². The predicted octanol–water partition coefficient (Wildman–Crippen LogP) is -0.591.